The molecule has 0 radical (unpaired) electrons. The van der Waals surface area contributed by atoms with Crippen LogP contribution in [0.4, 0.5) is 0 Å². The summed E-state index contributed by atoms with van der Waals surface area (Å²) in [4.78, 5) is 0. The summed E-state index contributed by atoms with van der Waals surface area (Å²) in [5, 5.41) is 38.8. The first-order valence-electron chi connectivity index (χ1n) is 6.33. The van der Waals surface area contributed by atoms with E-state index < -0.39 is 5.75 Å². The minimum atomic E-state index is -0.492. The molecule has 0 fully saturated rings. The van der Waals surface area contributed by atoms with Crippen molar-refractivity contribution >= 4 is 0 Å². The first-order chi connectivity index (χ1) is 9.31. The molecule has 0 aliphatic heterocycles. The van der Waals surface area contributed by atoms with E-state index in [1.807, 2.05) is 13.0 Å². The van der Waals surface area contributed by atoms with Gasteiger partial charge in [-0.05, 0) is 55.2 Å². The molecule has 0 aliphatic rings. The molecule has 4 heteroatoms. The van der Waals surface area contributed by atoms with Crippen LogP contribution in [0.2, 0.25) is 0 Å². The highest BCUT2D eigenvalue weighted by Crippen LogP contribution is 2.41. The molecule has 0 heterocycles. The molecule has 2 rings (SSSR count). The van der Waals surface area contributed by atoms with Crippen LogP contribution in [-0.2, 0) is 6.42 Å². The van der Waals surface area contributed by atoms with Gasteiger partial charge in [0.25, 0.3) is 0 Å². The molecular formula is C16H18O4. The van der Waals surface area contributed by atoms with E-state index in [9.17, 15) is 20.4 Å². The Bertz CT molecular complexity index is 675. The number of hydrogen-bond donors (Lipinski definition) is 4. The van der Waals surface area contributed by atoms with E-state index in [0.717, 1.165) is 16.7 Å². The lowest BCUT2D eigenvalue weighted by molar-refractivity contribution is 0.363. The van der Waals surface area contributed by atoms with Gasteiger partial charge in [0.15, 0.2) is 11.5 Å². The standard InChI is InChI=1S/C16H18O4/c1-8-6-13(17)9(2)4-11(8)7-12-5-10(3)14(18)16(20)15(12)19/h4-6,17-20H,7H2,1-3H3. The van der Waals surface area contributed by atoms with Crippen LogP contribution >= 0.6 is 0 Å². The average molecular weight is 274 g/mol. The third-order valence-corrected chi connectivity index (χ3v) is 3.55. The van der Waals surface area contributed by atoms with Gasteiger partial charge < -0.3 is 20.4 Å². The van der Waals surface area contributed by atoms with Crippen molar-refractivity contribution in [2.75, 3.05) is 0 Å². The summed E-state index contributed by atoms with van der Waals surface area (Å²) < 4.78 is 0. The van der Waals surface area contributed by atoms with E-state index in [4.69, 9.17) is 0 Å². The Morgan fingerprint density at radius 3 is 1.90 bits per heavy atom. The number of aryl methyl sites for hydroxylation is 3. The monoisotopic (exact) mass is 274 g/mol. The predicted octanol–water partition coefficient (Wildman–Crippen LogP) is 3.03. The zero-order chi connectivity index (χ0) is 15.0. The zero-order valence-corrected chi connectivity index (χ0v) is 11.7. The molecule has 0 aromatic heterocycles. The molecule has 0 bridgehead atoms. The molecule has 0 amide bonds. The molecule has 106 valence electrons. The number of phenolic OH excluding ortho intramolecular Hbond substituents is 4. The van der Waals surface area contributed by atoms with E-state index in [1.165, 1.54) is 0 Å². The third kappa shape index (κ3) is 2.37. The van der Waals surface area contributed by atoms with Gasteiger partial charge in [-0.25, -0.2) is 0 Å². The maximum Gasteiger partial charge on any atom is 0.200 e. The summed E-state index contributed by atoms with van der Waals surface area (Å²) in [6, 6.07) is 5.17. The van der Waals surface area contributed by atoms with Crippen molar-refractivity contribution in [2.45, 2.75) is 27.2 Å². The lowest BCUT2D eigenvalue weighted by Gasteiger charge is -2.13. The van der Waals surface area contributed by atoms with Crippen molar-refractivity contribution < 1.29 is 20.4 Å². The Morgan fingerprint density at radius 1 is 0.650 bits per heavy atom. The number of phenols is 4. The van der Waals surface area contributed by atoms with Gasteiger partial charge in [-0.1, -0.05) is 6.07 Å². The van der Waals surface area contributed by atoms with Crippen LogP contribution in [0.15, 0.2) is 18.2 Å². The van der Waals surface area contributed by atoms with Gasteiger partial charge in [0, 0.05) is 12.0 Å². The van der Waals surface area contributed by atoms with Gasteiger partial charge >= 0.3 is 0 Å². The van der Waals surface area contributed by atoms with Crippen molar-refractivity contribution in [3.63, 3.8) is 0 Å². The molecule has 2 aromatic carbocycles. The third-order valence-electron chi connectivity index (χ3n) is 3.55. The maximum absolute atomic E-state index is 9.92. The predicted molar refractivity (Wildman–Crippen MR) is 76.6 cm³/mol. The molecule has 4 N–H and O–H groups in total. The first-order valence-corrected chi connectivity index (χ1v) is 6.33. The van der Waals surface area contributed by atoms with E-state index in [0.29, 0.717) is 17.5 Å². The summed E-state index contributed by atoms with van der Waals surface area (Å²) >= 11 is 0. The lowest BCUT2D eigenvalue weighted by atomic mass is 9.96. The topological polar surface area (TPSA) is 80.9 Å². The van der Waals surface area contributed by atoms with Crippen LogP contribution in [0, 0.1) is 20.8 Å². The van der Waals surface area contributed by atoms with Gasteiger partial charge in [0.2, 0.25) is 5.75 Å². The molecule has 0 unspecified atom stereocenters. The SMILES string of the molecule is Cc1cc(Cc2cc(C)c(O)c(O)c2O)c(C)cc1O. The fourth-order valence-electron chi connectivity index (χ4n) is 2.24. The molecule has 2 aromatic rings. The van der Waals surface area contributed by atoms with Crippen LogP contribution in [0.1, 0.15) is 27.8 Å². The van der Waals surface area contributed by atoms with Crippen molar-refractivity contribution in [2.24, 2.45) is 0 Å². The second-order valence-electron chi connectivity index (χ2n) is 5.14. The largest absolute Gasteiger partial charge is 0.508 e. The number of rotatable bonds is 2. The first kappa shape index (κ1) is 14.1. The van der Waals surface area contributed by atoms with Crippen molar-refractivity contribution in [3.05, 3.63) is 46.0 Å². The number of hydrogen-bond acceptors (Lipinski definition) is 4. The molecular weight excluding hydrogens is 256 g/mol. The molecule has 0 saturated carbocycles. The minimum absolute atomic E-state index is 0.236. The van der Waals surface area contributed by atoms with Crippen LogP contribution in [0.25, 0.3) is 0 Å². The summed E-state index contributed by atoms with van der Waals surface area (Å²) in [7, 11) is 0. The van der Waals surface area contributed by atoms with E-state index in [2.05, 4.69) is 0 Å². The van der Waals surface area contributed by atoms with Crippen molar-refractivity contribution in [3.8, 4) is 23.0 Å². The highest BCUT2D eigenvalue weighted by atomic mass is 16.3. The molecule has 0 saturated heterocycles. The van der Waals surface area contributed by atoms with Crippen molar-refractivity contribution in [1.82, 2.24) is 0 Å². The fraction of sp³-hybridized carbons (Fsp3) is 0.250. The van der Waals surface area contributed by atoms with Gasteiger partial charge in [0.1, 0.15) is 5.75 Å². The van der Waals surface area contributed by atoms with Gasteiger partial charge in [-0.15, -0.1) is 0 Å². The number of benzene rings is 2. The zero-order valence-electron chi connectivity index (χ0n) is 11.7. The summed E-state index contributed by atoms with van der Waals surface area (Å²) in [6.07, 6.45) is 0.410. The quantitative estimate of drug-likeness (QED) is 0.634. The van der Waals surface area contributed by atoms with Gasteiger partial charge in [0.05, 0.1) is 0 Å². The molecule has 4 nitrogen and oxygen atoms in total. The normalized spacial score (nSPS) is 10.8. The van der Waals surface area contributed by atoms with E-state index >= 15 is 0 Å². The van der Waals surface area contributed by atoms with Crippen LogP contribution in [-0.4, -0.2) is 20.4 Å². The summed E-state index contributed by atoms with van der Waals surface area (Å²) in [5.74, 6) is -0.864. The second kappa shape index (κ2) is 4.96. The van der Waals surface area contributed by atoms with Crippen LogP contribution in [0.3, 0.4) is 0 Å². The fourth-order valence-corrected chi connectivity index (χ4v) is 2.24. The molecule has 0 atom stereocenters. The Hall–Kier alpha value is -2.36. The Balaban J connectivity index is 2.48. The Kier molecular flexibility index (Phi) is 3.49. The average Bonchev–Trinajstić information content (AvgIpc) is 2.39. The summed E-state index contributed by atoms with van der Waals surface area (Å²) in [5.41, 5.74) is 3.64. The minimum Gasteiger partial charge on any atom is -0.508 e. The molecule has 0 spiro atoms. The van der Waals surface area contributed by atoms with Crippen LogP contribution < -0.4 is 0 Å². The Labute approximate surface area is 117 Å². The van der Waals surface area contributed by atoms with Gasteiger partial charge in [-0.2, -0.15) is 0 Å². The van der Waals surface area contributed by atoms with E-state index in [-0.39, 0.29) is 17.2 Å². The Morgan fingerprint density at radius 2 is 1.25 bits per heavy atom. The maximum atomic E-state index is 9.92. The van der Waals surface area contributed by atoms with E-state index in [1.54, 1.807) is 26.0 Å². The highest BCUT2D eigenvalue weighted by Gasteiger charge is 2.15. The summed E-state index contributed by atoms with van der Waals surface area (Å²) in [6.45, 7) is 5.34. The highest BCUT2D eigenvalue weighted by molar-refractivity contribution is 5.58. The van der Waals surface area contributed by atoms with Crippen LogP contribution in [0.5, 0.6) is 23.0 Å². The molecule has 20 heavy (non-hydrogen) atoms. The lowest BCUT2D eigenvalue weighted by Crippen LogP contribution is -1.95. The molecule has 0 aliphatic carbocycles. The number of aromatic hydroxyl groups is 4. The van der Waals surface area contributed by atoms with Gasteiger partial charge in [-0.3, -0.25) is 0 Å². The van der Waals surface area contributed by atoms with Crippen molar-refractivity contribution in [1.29, 1.82) is 0 Å². The second-order valence-corrected chi connectivity index (χ2v) is 5.14. The smallest absolute Gasteiger partial charge is 0.200 e.